The van der Waals surface area contributed by atoms with Gasteiger partial charge in [-0.1, -0.05) is 6.07 Å². The zero-order valence-corrected chi connectivity index (χ0v) is 13.1. The maximum absolute atomic E-state index is 12.8. The van der Waals surface area contributed by atoms with Gasteiger partial charge in [0.15, 0.2) is 0 Å². The monoisotopic (exact) mass is 326 g/mol. The molecule has 0 saturated carbocycles. The molecule has 1 aromatic carbocycles. The number of amides is 2. The largest absolute Gasteiger partial charge is 0.508 e. The number of carbonyl (C=O) groups is 2. The number of hydrogen-bond donors (Lipinski definition) is 2. The van der Waals surface area contributed by atoms with Crippen LogP contribution >= 0.6 is 0 Å². The van der Waals surface area contributed by atoms with Gasteiger partial charge < -0.3 is 19.9 Å². The van der Waals surface area contributed by atoms with Gasteiger partial charge in [-0.25, -0.2) is 4.98 Å². The van der Waals surface area contributed by atoms with Crippen LogP contribution in [0.4, 0.5) is 5.69 Å². The lowest BCUT2D eigenvalue weighted by atomic mass is 10.0. The van der Waals surface area contributed by atoms with Crippen molar-refractivity contribution < 1.29 is 14.7 Å². The van der Waals surface area contributed by atoms with Crippen LogP contribution in [0.25, 0.3) is 0 Å². The Morgan fingerprint density at radius 2 is 2.25 bits per heavy atom. The Kier molecular flexibility index (Phi) is 3.48. The summed E-state index contributed by atoms with van der Waals surface area (Å²) in [6, 6.07) is 6.56. The molecule has 24 heavy (non-hydrogen) atoms. The van der Waals surface area contributed by atoms with Crippen LogP contribution in [-0.4, -0.2) is 44.9 Å². The summed E-state index contributed by atoms with van der Waals surface area (Å²) < 4.78 is 0. The number of carbonyl (C=O) groups excluding carboxylic acids is 2. The van der Waals surface area contributed by atoms with Crippen LogP contribution in [0.1, 0.15) is 17.8 Å². The summed E-state index contributed by atoms with van der Waals surface area (Å²) in [5, 5.41) is 9.59. The zero-order valence-electron chi connectivity index (χ0n) is 13.1. The predicted octanol–water partition coefficient (Wildman–Crippen LogP) is 1.05. The van der Waals surface area contributed by atoms with E-state index in [1.54, 1.807) is 40.4 Å². The van der Waals surface area contributed by atoms with Gasteiger partial charge in [-0.2, -0.15) is 0 Å². The fourth-order valence-electron chi connectivity index (χ4n) is 3.44. The minimum Gasteiger partial charge on any atom is -0.508 e. The van der Waals surface area contributed by atoms with E-state index in [0.29, 0.717) is 25.3 Å². The molecule has 2 aliphatic rings. The smallest absolute Gasteiger partial charge is 0.228 e. The molecule has 124 valence electrons. The Labute approximate surface area is 138 Å². The first-order valence-corrected chi connectivity index (χ1v) is 8.01. The molecule has 1 fully saturated rings. The van der Waals surface area contributed by atoms with Crippen LogP contribution in [0.3, 0.4) is 0 Å². The third-order valence-electron chi connectivity index (χ3n) is 4.70. The standard InChI is InChI=1S/C17H18N4O3/c22-13-3-1-2-12(7-13)21-8-11(6-16(21)23)17(24)20-5-4-14-15(9-20)19-10-18-14/h1-3,7,10-11,22H,4-6,8-9H2,(H,18,19). The van der Waals surface area contributed by atoms with E-state index in [1.807, 2.05) is 0 Å². The zero-order chi connectivity index (χ0) is 16.7. The number of aromatic amines is 1. The predicted molar refractivity (Wildman–Crippen MR) is 86.3 cm³/mol. The number of fused-ring (bicyclic) bond motifs is 1. The summed E-state index contributed by atoms with van der Waals surface area (Å²) in [6.07, 6.45) is 2.60. The minimum absolute atomic E-state index is 0.00579. The first-order chi connectivity index (χ1) is 11.6. The molecule has 1 aromatic heterocycles. The van der Waals surface area contributed by atoms with Crippen molar-refractivity contribution in [1.29, 1.82) is 0 Å². The highest BCUT2D eigenvalue weighted by Crippen LogP contribution is 2.29. The van der Waals surface area contributed by atoms with Crippen molar-refractivity contribution in [2.45, 2.75) is 19.4 Å². The molecule has 2 aromatic rings. The van der Waals surface area contributed by atoms with Crippen LogP contribution in [0.5, 0.6) is 5.75 Å². The summed E-state index contributed by atoms with van der Waals surface area (Å²) in [4.78, 5) is 35.8. The van der Waals surface area contributed by atoms with Crippen molar-refractivity contribution in [1.82, 2.24) is 14.9 Å². The van der Waals surface area contributed by atoms with Gasteiger partial charge in [0.1, 0.15) is 5.75 Å². The van der Waals surface area contributed by atoms with Crippen LogP contribution in [-0.2, 0) is 22.6 Å². The number of aromatic nitrogens is 2. The van der Waals surface area contributed by atoms with Gasteiger partial charge in [0, 0.05) is 37.7 Å². The van der Waals surface area contributed by atoms with Gasteiger partial charge >= 0.3 is 0 Å². The third-order valence-corrected chi connectivity index (χ3v) is 4.70. The average molecular weight is 326 g/mol. The molecular formula is C17H18N4O3. The van der Waals surface area contributed by atoms with Crippen LogP contribution in [0.15, 0.2) is 30.6 Å². The average Bonchev–Trinajstić information content (AvgIpc) is 3.19. The molecule has 0 radical (unpaired) electrons. The Balaban J connectivity index is 1.48. The second-order valence-electron chi connectivity index (χ2n) is 6.26. The van der Waals surface area contributed by atoms with E-state index in [1.165, 1.54) is 0 Å². The van der Waals surface area contributed by atoms with Gasteiger partial charge in [0.2, 0.25) is 11.8 Å². The van der Waals surface area contributed by atoms with Crippen molar-refractivity contribution in [2.24, 2.45) is 5.92 Å². The molecule has 7 heteroatoms. The second-order valence-corrected chi connectivity index (χ2v) is 6.26. The minimum atomic E-state index is -0.343. The van der Waals surface area contributed by atoms with Crippen LogP contribution in [0, 0.1) is 5.92 Å². The van der Waals surface area contributed by atoms with Crippen molar-refractivity contribution in [2.75, 3.05) is 18.0 Å². The third kappa shape index (κ3) is 2.51. The summed E-state index contributed by atoms with van der Waals surface area (Å²) in [5.41, 5.74) is 2.62. The SMILES string of the molecule is O=C(C1CC(=O)N(c2cccc(O)c2)C1)N1CCc2nc[nH]c2C1. The molecule has 3 heterocycles. The fourth-order valence-corrected chi connectivity index (χ4v) is 3.44. The molecule has 2 amide bonds. The number of nitrogens with zero attached hydrogens (tertiary/aromatic N) is 3. The quantitative estimate of drug-likeness (QED) is 0.863. The summed E-state index contributed by atoms with van der Waals surface area (Å²) >= 11 is 0. The number of imidazole rings is 1. The molecule has 1 saturated heterocycles. The second kappa shape index (κ2) is 5.67. The van der Waals surface area contributed by atoms with Crippen LogP contribution < -0.4 is 4.90 Å². The maximum Gasteiger partial charge on any atom is 0.228 e. The Morgan fingerprint density at radius 1 is 1.38 bits per heavy atom. The summed E-state index contributed by atoms with van der Waals surface area (Å²) in [6.45, 7) is 1.51. The number of phenolic OH excluding ortho intramolecular Hbond substituents is 1. The number of phenols is 1. The number of rotatable bonds is 2. The van der Waals surface area contributed by atoms with Gasteiger partial charge in [0.05, 0.1) is 30.2 Å². The topological polar surface area (TPSA) is 89.5 Å². The summed E-state index contributed by atoms with van der Waals surface area (Å²) in [5.74, 6) is -0.313. The van der Waals surface area contributed by atoms with Gasteiger partial charge in [-0.05, 0) is 12.1 Å². The Bertz CT molecular complexity index is 801. The van der Waals surface area contributed by atoms with Crippen molar-refractivity contribution >= 4 is 17.5 Å². The van der Waals surface area contributed by atoms with Crippen LogP contribution in [0.2, 0.25) is 0 Å². The molecule has 7 nitrogen and oxygen atoms in total. The van der Waals surface area contributed by atoms with E-state index in [0.717, 1.165) is 17.8 Å². The highest BCUT2D eigenvalue weighted by Gasteiger charge is 2.38. The first-order valence-electron chi connectivity index (χ1n) is 8.01. The molecular weight excluding hydrogens is 308 g/mol. The number of aromatic hydroxyl groups is 1. The molecule has 1 atom stereocenters. The molecule has 2 aliphatic heterocycles. The van der Waals surface area contributed by atoms with Gasteiger partial charge in [-0.15, -0.1) is 0 Å². The Hall–Kier alpha value is -2.83. The van der Waals surface area contributed by atoms with E-state index in [4.69, 9.17) is 0 Å². The van der Waals surface area contributed by atoms with Crippen molar-refractivity contribution in [3.63, 3.8) is 0 Å². The normalized spacial score (nSPS) is 20.3. The Morgan fingerprint density at radius 3 is 3.08 bits per heavy atom. The lowest BCUT2D eigenvalue weighted by Gasteiger charge is -2.28. The number of anilines is 1. The lowest BCUT2D eigenvalue weighted by Crippen LogP contribution is -2.40. The van der Waals surface area contributed by atoms with E-state index >= 15 is 0 Å². The molecule has 0 bridgehead atoms. The van der Waals surface area contributed by atoms with E-state index < -0.39 is 0 Å². The number of H-pyrrole nitrogens is 1. The van der Waals surface area contributed by atoms with E-state index in [-0.39, 0.29) is 29.9 Å². The highest BCUT2D eigenvalue weighted by molar-refractivity contribution is 6.00. The van der Waals surface area contributed by atoms with E-state index in [2.05, 4.69) is 9.97 Å². The van der Waals surface area contributed by atoms with Crippen molar-refractivity contribution in [3.05, 3.63) is 42.0 Å². The molecule has 2 N–H and O–H groups in total. The molecule has 0 spiro atoms. The number of benzene rings is 1. The summed E-state index contributed by atoms with van der Waals surface area (Å²) in [7, 11) is 0. The fraction of sp³-hybridized carbons (Fsp3) is 0.353. The van der Waals surface area contributed by atoms with Gasteiger partial charge in [-0.3, -0.25) is 9.59 Å². The van der Waals surface area contributed by atoms with Crippen molar-refractivity contribution in [3.8, 4) is 5.75 Å². The number of hydrogen-bond acceptors (Lipinski definition) is 4. The van der Waals surface area contributed by atoms with Gasteiger partial charge in [0.25, 0.3) is 0 Å². The highest BCUT2D eigenvalue weighted by atomic mass is 16.3. The molecule has 4 rings (SSSR count). The first kappa shape index (κ1) is 14.7. The lowest BCUT2D eigenvalue weighted by molar-refractivity contribution is -0.136. The molecule has 0 aliphatic carbocycles. The maximum atomic E-state index is 12.8. The number of nitrogens with one attached hydrogen (secondary N) is 1. The van der Waals surface area contributed by atoms with E-state index in [9.17, 15) is 14.7 Å². The molecule has 1 unspecified atom stereocenters.